The zero-order valence-electron chi connectivity index (χ0n) is 4.18. The van der Waals surface area contributed by atoms with Crippen LogP contribution in [-0.4, -0.2) is 6.54 Å². The Kier molecular flexibility index (Phi) is 3.38. The molecule has 1 aliphatic rings. The zero-order chi connectivity index (χ0) is 4.24. The molecule has 0 saturated heterocycles. The van der Waals surface area contributed by atoms with Gasteiger partial charge < -0.3 is 5.32 Å². The van der Waals surface area contributed by atoms with Gasteiger partial charge in [0, 0.05) is 6.54 Å². The lowest BCUT2D eigenvalue weighted by molar-refractivity contribution is 0.728. The summed E-state index contributed by atoms with van der Waals surface area (Å²) in [6, 6.07) is 0. The van der Waals surface area contributed by atoms with Gasteiger partial charge in [-0.15, -0.1) is 0 Å². The maximum absolute atomic E-state index is 3.10. The minimum Gasteiger partial charge on any atom is -0.391 e. The smallest absolute Gasteiger partial charge is 0.0144 e. The van der Waals surface area contributed by atoms with Crippen molar-refractivity contribution in [2.45, 2.75) is 12.8 Å². The van der Waals surface area contributed by atoms with E-state index in [2.05, 4.69) is 11.4 Å². The molecule has 0 saturated carbocycles. The van der Waals surface area contributed by atoms with Crippen LogP contribution in [0.4, 0.5) is 4.70 Å². The van der Waals surface area contributed by atoms with Crippen molar-refractivity contribution in [3.63, 3.8) is 0 Å². The molecule has 1 N–H and O–H groups in total. The standard InChI is InChI=1S/C5H9N.FH/c1-2-4-6-5-3-1;/h2,4,6H,1,3,5H2;1H. The summed E-state index contributed by atoms with van der Waals surface area (Å²) < 4.78 is 0. The van der Waals surface area contributed by atoms with Crippen molar-refractivity contribution in [2.24, 2.45) is 0 Å². The van der Waals surface area contributed by atoms with Crippen molar-refractivity contribution in [2.75, 3.05) is 6.54 Å². The van der Waals surface area contributed by atoms with E-state index in [4.69, 9.17) is 0 Å². The van der Waals surface area contributed by atoms with Gasteiger partial charge >= 0.3 is 0 Å². The summed E-state index contributed by atoms with van der Waals surface area (Å²) >= 11 is 0. The van der Waals surface area contributed by atoms with Gasteiger partial charge in [-0.2, -0.15) is 0 Å². The van der Waals surface area contributed by atoms with Crippen LogP contribution in [0.25, 0.3) is 0 Å². The molecule has 0 atom stereocenters. The van der Waals surface area contributed by atoms with Gasteiger partial charge in [0.25, 0.3) is 0 Å². The SMILES string of the molecule is C1=CNCCC1.F. The molecule has 0 fully saturated rings. The molecule has 0 aromatic heterocycles. The van der Waals surface area contributed by atoms with Crippen LogP contribution >= 0.6 is 0 Å². The fourth-order valence-electron chi connectivity index (χ4n) is 0.572. The number of hydrogen-bond acceptors (Lipinski definition) is 1. The fraction of sp³-hybridized carbons (Fsp3) is 0.600. The van der Waals surface area contributed by atoms with E-state index < -0.39 is 0 Å². The molecule has 0 unspecified atom stereocenters. The van der Waals surface area contributed by atoms with Crippen molar-refractivity contribution < 1.29 is 4.70 Å². The zero-order valence-corrected chi connectivity index (χ0v) is 4.18. The second-order valence-corrected chi connectivity index (χ2v) is 1.50. The maximum Gasteiger partial charge on any atom is 0.0144 e. The van der Waals surface area contributed by atoms with Crippen molar-refractivity contribution in [3.8, 4) is 0 Å². The maximum atomic E-state index is 3.10. The van der Waals surface area contributed by atoms with Crippen molar-refractivity contribution in [3.05, 3.63) is 12.3 Å². The molecule has 1 heterocycles. The molecule has 0 radical (unpaired) electrons. The highest BCUT2D eigenvalue weighted by molar-refractivity contribution is 4.83. The molecule has 1 rings (SSSR count). The lowest BCUT2D eigenvalue weighted by Crippen LogP contribution is -2.09. The van der Waals surface area contributed by atoms with Gasteiger partial charge in [0.2, 0.25) is 0 Å². The van der Waals surface area contributed by atoms with Crippen LogP contribution < -0.4 is 5.32 Å². The first kappa shape index (κ1) is 6.47. The number of allylic oxidation sites excluding steroid dienone is 1. The minimum atomic E-state index is 0. The normalized spacial score (nSPS) is 17.1. The second-order valence-electron chi connectivity index (χ2n) is 1.50. The number of hydrogen-bond donors (Lipinski definition) is 1. The van der Waals surface area contributed by atoms with Gasteiger partial charge in [0.05, 0.1) is 0 Å². The first-order valence-corrected chi connectivity index (χ1v) is 2.38. The van der Waals surface area contributed by atoms with Gasteiger partial charge in [-0.3, -0.25) is 4.70 Å². The molecule has 2 heteroatoms. The molecule has 42 valence electrons. The lowest BCUT2D eigenvalue weighted by atomic mass is 10.2. The Morgan fingerprint density at radius 3 is 2.43 bits per heavy atom. The second kappa shape index (κ2) is 3.65. The van der Waals surface area contributed by atoms with Crippen LogP contribution in [0.15, 0.2) is 12.3 Å². The van der Waals surface area contributed by atoms with Crippen LogP contribution in [0.5, 0.6) is 0 Å². The number of nitrogens with one attached hydrogen (secondary N) is 1. The summed E-state index contributed by atoms with van der Waals surface area (Å²) in [5.41, 5.74) is 0. The Morgan fingerprint density at radius 1 is 1.43 bits per heavy atom. The van der Waals surface area contributed by atoms with Crippen LogP contribution in [-0.2, 0) is 0 Å². The number of rotatable bonds is 0. The van der Waals surface area contributed by atoms with Crippen LogP contribution in [0, 0.1) is 0 Å². The average Bonchev–Trinajstić information content (AvgIpc) is 1.72. The van der Waals surface area contributed by atoms with Gasteiger partial charge in [0.15, 0.2) is 0 Å². The topological polar surface area (TPSA) is 12.0 Å². The highest BCUT2D eigenvalue weighted by Gasteiger charge is 1.84. The van der Waals surface area contributed by atoms with E-state index in [0.717, 1.165) is 6.54 Å². The van der Waals surface area contributed by atoms with E-state index >= 15 is 0 Å². The van der Waals surface area contributed by atoms with Gasteiger partial charge in [0.1, 0.15) is 0 Å². The first-order valence-electron chi connectivity index (χ1n) is 2.38. The van der Waals surface area contributed by atoms with Crippen molar-refractivity contribution in [1.29, 1.82) is 0 Å². The summed E-state index contributed by atoms with van der Waals surface area (Å²) in [5, 5.41) is 3.10. The van der Waals surface area contributed by atoms with E-state index in [9.17, 15) is 0 Å². The fourth-order valence-corrected chi connectivity index (χ4v) is 0.572. The molecule has 0 amide bonds. The molecular formula is C5H10FN. The van der Waals surface area contributed by atoms with Crippen LogP contribution in [0.1, 0.15) is 12.8 Å². The summed E-state index contributed by atoms with van der Waals surface area (Å²) in [7, 11) is 0. The molecule has 0 spiro atoms. The molecule has 0 aromatic rings. The third kappa shape index (κ3) is 2.20. The van der Waals surface area contributed by atoms with E-state index in [1.165, 1.54) is 12.8 Å². The van der Waals surface area contributed by atoms with Gasteiger partial charge in [-0.1, -0.05) is 6.08 Å². The quantitative estimate of drug-likeness (QED) is 0.483. The monoisotopic (exact) mass is 103 g/mol. The van der Waals surface area contributed by atoms with Gasteiger partial charge in [-0.05, 0) is 19.0 Å². The average molecular weight is 103 g/mol. The van der Waals surface area contributed by atoms with Crippen LogP contribution in [0.3, 0.4) is 0 Å². The first-order chi connectivity index (χ1) is 3.00. The molecule has 1 aliphatic heterocycles. The predicted octanol–water partition coefficient (Wildman–Crippen LogP) is 1.04. The molecule has 0 aromatic carbocycles. The third-order valence-electron chi connectivity index (χ3n) is 0.928. The Balaban J connectivity index is 0.000000360. The highest BCUT2D eigenvalue weighted by Crippen LogP contribution is 1.91. The largest absolute Gasteiger partial charge is 0.391 e. The van der Waals surface area contributed by atoms with E-state index in [0.29, 0.717) is 0 Å². The summed E-state index contributed by atoms with van der Waals surface area (Å²) in [5.74, 6) is 0. The highest BCUT2D eigenvalue weighted by atomic mass is 19.0. The van der Waals surface area contributed by atoms with E-state index in [-0.39, 0.29) is 4.70 Å². The molecular weight excluding hydrogens is 93.1 g/mol. The third-order valence-corrected chi connectivity index (χ3v) is 0.928. The van der Waals surface area contributed by atoms with Crippen molar-refractivity contribution in [1.82, 2.24) is 5.32 Å². The van der Waals surface area contributed by atoms with E-state index in [1.54, 1.807) is 0 Å². The molecule has 0 bridgehead atoms. The van der Waals surface area contributed by atoms with Crippen LogP contribution in [0.2, 0.25) is 0 Å². The Hall–Kier alpha value is -0.530. The minimum absolute atomic E-state index is 0. The number of halogens is 1. The van der Waals surface area contributed by atoms with E-state index in [1.807, 2.05) is 6.20 Å². The Morgan fingerprint density at radius 2 is 2.29 bits per heavy atom. The summed E-state index contributed by atoms with van der Waals surface area (Å²) in [4.78, 5) is 0. The summed E-state index contributed by atoms with van der Waals surface area (Å²) in [6.45, 7) is 1.16. The Labute approximate surface area is 42.8 Å². The predicted molar refractivity (Wildman–Crippen MR) is 28.9 cm³/mol. The molecule has 1 nitrogen and oxygen atoms in total. The van der Waals surface area contributed by atoms with Gasteiger partial charge in [-0.25, -0.2) is 0 Å². The lowest BCUT2D eigenvalue weighted by Gasteiger charge is -2.02. The molecule has 0 aliphatic carbocycles. The Bertz CT molecular complexity index is 53.1. The molecule has 7 heavy (non-hydrogen) atoms. The summed E-state index contributed by atoms with van der Waals surface area (Å²) in [6.07, 6.45) is 6.73. The van der Waals surface area contributed by atoms with Crippen molar-refractivity contribution >= 4 is 0 Å².